The fraction of sp³-hybridized carbons (Fsp3) is 0.729. The first-order valence-electron chi connectivity index (χ1n) is 22.3. The number of Topliss-reactive ketones (excluding diaryl/α,β-unsaturated/α-hetero) is 2. The van der Waals surface area contributed by atoms with Gasteiger partial charge in [-0.2, -0.15) is 0 Å². The van der Waals surface area contributed by atoms with Gasteiger partial charge in [0.1, 0.15) is 17.3 Å². The largest absolute Gasteiger partial charge is 0.458 e. The number of nitrogens with one attached hydrogen (secondary N) is 2. The molecule has 0 radical (unpaired) electrons. The number of carbonyl (C=O) groups excluding carboxylic acids is 5. The molecule has 2 amide bonds. The molecule has 0 aromatic carbocycles. The van der Waals surface area contributed by atoms with Gasteiger partial charge in [-0.25, -0.2) is 0 Å². The number of carbonyl (C=O) groups is 5. The minimum absolute atomic E-state index is 0.0503. The second-order valence-electron chi connectivity index (χ2n) is 20.4. The number of amides is 2. The molecule has 14 atom stereocenters. The second kappa shape index (κ2) is 15.6. The van der Waals surface area contributed by atoms with E-state index in [1.807, 2.05) is 19.9 Å². The lowest BCUT2D eigenvalue weighted by atomic mass is 9.54. The lowest BCUT2D eigenvalue weighted by Crippen LogP contribution is -2.60. The number of ether oxygens (including phenoxy) is 2. The number of hydrogen-bond acceptors (Lipinski definition) is 8. The summed E-state index contributed by atoms with van der Waals surface area (Å²) < 4.78 is 13.3. The van der Waals surface area contributed by atoms with Crippen molar-refractivity contribution in [1.82, 2.24) is 10.6 Å². The minimum atomic E-state index is -2.22. The van der Waals surface area contributed by atoms with Gasteiger partial charge in [-0.15, -0.1) is 0 Å². The Hall–Kier alpha value is -3.37. The summed E-state index contributed by atoms with van der Waals surface area (Å²) in [5, 5.41) is 18.8. The quantitative estimate of drug-likeness (QED) is 0.155. The highest BCUT2D eigenvalue weighted by molar-refractivity contribution is 6.10. The third-order valence-electron chi connectivity index (χ3n) is 15.6. The van der Waals surface area contributed by atoms with Gasteiger partial charge in [0, 0.05) is 60.9 Å². The zero-order valence-electron chi connectivity index (χ0n) is 36.5. The summed E-state index contributed by atoms with van der Waals surface area (Å²) in [7, 11) is 0. The molecule has 3 saturated heterocycles. The number of aliphatic hydroxyl groups is 1. The van der Waals surface area contributed by atoms with Crippen molar-refractivity contribution in [2.24, 2.45) is 64.1 Å². The van der Waals surface area contributed by atoms with Crippen LogP contribution in [0, 0.1) is 64.1 Å². The van der Waals surface area contributed by atoms with Crippen molar-refractivity contribution in [2.75, 3.05) is 0 Å². The van der Waals surface area contributed by atoms with Gasteiger partial charge in [0.25, 0.3) is 0 Å². The number of fused-ring (bicyclic) bond motifs is 5. The monoisotopic (exact) mass is 800 g/mol. The molecule has 0 aromatic heterocycles. The fourth-order valence-electron chi connectivity index (χ4n) is 12.7. The van der Waals surface area contributed by atoms with Gasteiger partial charge < -0.3 is 25.2 Å². The molecule has 0 unspecified atom stereocenters. The summed E-state index contributed by atoms with van der Waals surface area (Å²) in [6, 6.07) is -0.475. The molecular formula is C48H68N2O8. The van der Waals surface area contributed by atoms with Crippen LogP contribution >= 0.6 is 0 Å². The van der Waals surface area contributed by atoms with E-state index in [4.69, 9.17) is 9.47 Å². The summed E-state index contributed by atoms with van der Waals surface area (Å²) in [5.74, 6) is -6.54. The van der Waals surface area contributed by atoms with E-state index in [1.165, 1.54) is 0 Å². The molecule has 5 heterocycles. The molecule has 10 heteroatoms. The lowest BCUT2D eigenvalue weighted by molar-refractivity contribution is -0.281. The molecule has 8 rings (SSSR count). The van der Waals surface area contributed by atoms with Crippen LogP contribution in [0.15, 0.2) is 46.6 Å². The molecule has 3 aliphatic carbocycles. The van der Waals surface area contributed by atoms with Crippen molar-refractivity contribution in [3.63, 3.8) is 0 Å². The number of ketones is 2. The fourth-order valence-corrected chi connectivity index (χ4v) is 12.7. The van der Waals surface area contributed by atoms with Crippen molar-refractivity contribution >= 4 is 29.4 Å². The molecule has 2 spiro atoms. The normalized spacial score (nSPS) is 45.1. The van der Waals surface area contributed by atoms with Crippen molar-refractivity contribution in [3.8, 4) is 0 Å². The number of rotatable bonds is 4. The molecule has 318 valence electrons. The summed E-state index contributed by atoms with van der Waals surface area (Å²) in [6.45, 7) is 20.8. The van der Waals surface area contributed by atoms with E-state index in [9.17, 15) is 19.5 Å². The van der Waals surface area contributed by atoms with E-state index >= 15 is 9.59 Å². The van der Waals surface area contributed by atoms with Gasteiger partial charge >= 0.3 is 5.97 Å². The molecule has 0 saturated carbocycles. The molecule has 0 aromatic rings. The van der Waals surface area contributed by atoms with Crippen LogP contribution in [0.4, 0.5) is 0 Å². The van der Waals surface area contributed by atoms with Crippen LogP contribution in [0.1, 0.15) is 127 Å². The Morgan fingerprint density at radius 1 is 0.724 bits per heavy atom. The Morgan fingerprint density at radius 3 is 1.81 bits per heavy atom. The predicted octanol–water partition coefficient (Wildman–Crippen LogP) is 7.11. The summed E-state index contributed by atoms with van der Waals surface area (Å²) in [5.41, 5.74) is 1.12. The molecular weight excluding hydrogens is 733 g/mol. The van der Waals surface area contributed by atoms with E-state index < -0.39 is 64.2 Å². The van der Waals surface area contributed by atoms with E-state index in [0.29, 0.717) is 32.1 Å². The van der Waals surface area contributed by atoms with Crippen molar-refractivity contribution < 1.29 is 38.6 Å². The van der Waals surface area contributed by atoms with E-state index in [2.05, 4.69) is 84.3 Å². The molecule has 58 heavy (non-hydrogen) atoms. The maximum absolute atomic E-state index is 15.6. The van der Waals surface area contributed by atoms with E-state index in [-0.39, 0.29) is 78.5 Å². The van der Waals surface area contributed by atoms with Gasteiger partial charge in [-0.05, 0) is 89.9 Å². The number of esters is 1. The topological polar surface area (TPSA) is 148 Å². The van der Waals surface area contributed by atoms with Gasteiger partial charge in [0.15, 0.2) is 11.2 Å². The zero-order chi connectivity index (χ0) is 42.2. The maximum Gasteiger partial charge on any atom is 0.323 e. The van der Waals surface area contributed by atoms with Crippen LogP contribution < -0.4 is 10.6 Å². The number of allylic oxidation sites excluding steroid dienone is 8. The minimum Gasteiger partial charge on any atom is -0.458 e. The predicted molar refractivity (Wildman–Crippen MR) is 220 cm³/mol. The highest BCUT2D eigenvalue weighted by Crippen LogP contribution is 2.58. The van der Waals surface area contributed by atoms with Crippen LogP contribution in [-0.4, -0.2) is 64.5 Å². The highest BCUT2D eigenvalue weighted by Gasteiger charge is 2.69. The van der Waals surface area contributed by atoms with E-state index in [0.717, 1.165) is 28.7 Å². The molecule has 8 aliphatic rings. The van der Waals surface area contributed by atoms with Crippen molar-refractivity contribution in [1.29, 1.82) is 0 Å². The zero-order valence-corrected chi connectivity index (χ0v) is 36.5. The first-order chi connectivity index (χ1) is 27.2. The van der Waals surface area contributed by atoms with Crippen LogP contribution in [0.3, 0.4) is 0 Å². The first kappa shape index (κ1) is 42.7. The Kier molecular flexibility index (Phi) is 11.5. The van der Waals surface area contributed by atoms with Crippen molar-refractivity contribution in [2.45, 2.75) is 157 Å². The average Bonchev–Trinajstić information content (AvgIpc) is 3.58. The van der Waals surface area contributed by atoms with Crippen molar-refractivity contribution in [3.05, 3.63) is 46.6 Å². The third kappa shape index (κ3) is 6.80. The average molecular weight is 801 g/mol. The summed E-state index contributed by atoms with van der Waals surface area (Å²) in [4.78, 5) is 74.7. The molecule has 3 N–H and O–H groups in total. The van der Waals surface area contributed by atoms with Gasteiger partial charge in [0.2, 0.25) is 17.6 Å². The third-order valence-corrected chi connectivity index (χ3v) is 15.6. The Bertz CT molecular complexity index is 1860. The van der Waals surface area contributed by atoms with Crippen LogP contribution in [-0.2, 0) is 33.4 Å². The first-order valence-corrected chi connectivity index (χ1v) is 22.3. The summed E-state index contributed by atoms with van der Waals surface area (Å²) in [6.07, 6.45) is 8.91. The van der Waals surface area contributed by atoms with Gasteiger partial charge in [0.05, 0.1) is 6.10 Å². The molecule has 5 aliphatic heterocycles. The second-order valence-corrected chi connectivity index (χ2v) is 20.4. The number of hydrogen-bond donors (Lipinski definition) is 3. The Balaban J connectivity index is 1.39. The molecule has 3 fully saturated rings. The SMILES string of the molecule is CC1=C[C@@H]2/C=C(\C)CCCC(=O)[C@]3(O)C[C@@H]4CC(=O)[C@@]56C(=O)N[C@@H](CC(C)C)[C@@H]5[C@H](C)C(C)=C[C@@H]6/C=C(\C)CC[C@@H](O3)[C@H]4OC(=O)[C@]23C(=O)N[C@@H](CC(C)C)[C@@H]3[C@@H]1C. The van der Waals surface area contributed by atoms with E-state index in [1.54, 1.807) is 0 Å². The summed E-state index contributed by atoms with van der Waals surface area (Å²) >= 11 is 0. The van der Waals surface area contributed by atoms with Crippen LogP contribution in [0.5, 0.6) is 0 Å². The molecule has 10 nitrogen and oxygen atoms in total. The van der Waals surface area contributed by atoms with Gasteiger partial charge in [-0.1, -0.05) is 88.1 Å². The smallest absolute Gasteiger partial charge is 0.323 e. The van der Waals surface area contributed by atoms with Crippen LogP contribution in [0.2, 0.25) is 0 Å². The molecule has 4 bridgehead atoms. The lowest BCUT2D eigenvalue weighted by Gasteiger charge is -2.49. The Morgan fingerprint density at radius 2 is 1.24 bits per heavy atom. The standard InChI is InChI=1S/C48H68N2O8/c1-24(2)16-35-40-30(9)28(7)20-33-19-27(6)14-15-37-42-32(22-39(52)47(33,40)43(53)49-35)23-46(56,58-37)38(51)13-11-12-26(5)18-34-21-29(8)31(10)41-36(17-25(3)4)50-44(54)48(34,41)45(55)57-42/h18-21,24-25,30-37,40-42,56H,11-17,22-23H2,1-10H3,(H,49,53)(H,50,54)/b26-18+,27-19+/t30-,31-,32+,33+,34+,35+,36+,37-,40+,41+,42+,46+,47-,48-/m1/s1. The highest BCUT2D eigenvalue weighted by atomic mass is 16.7. The Labute approximate surface area is 345 Å². The van der Waals surface area contributed by atoms with Crippen LogP contribution in [0.25, 0.3) is 0 Å². The maximum atomic E-state index is 15.6. The van der Waals surface area contributed by atoms with Gasteiger partial charge in [-0.3, -0.25) is 24.0 Å².